The maximum absolute atomic E-state index is 12.3. The summed E-state index contributed by atoms with van der Waals surface area (Å²) in [6.45, 7) is 11.8. The minimum Gasteiger partial charge on any atom is -0.369 e. The number of nitrogens with zero attached hydrogens (tertiary/aromatic N) is 3. The van der Waals surface area contributed by atoms with Crippen molar-refractivity contribution in [3.05, 3.63) is 60.2 Å². The van der Waals surface area contributed by atoms with Gasteiger partial charge in [0.05, 0.1) is 6.54 Å². The Morgan fingerprint density at radius 2 is 1.67 bits per heavy atom. The van der Waals surface area contributed by atoms with E-state index in [1.165, 1.54) is 11.3 Å². The molecule has 0 spiro atoms. The lowest BCUT2D eigenvalue weighted by molar-refractivity contribution is -0.117. The fraction of sp³-hybridized carbons (Fsp3) is 0.480. The first-order chi connectivity index (χ1) is 14.7. The molecule has 1 saturated heterocycles. The van der Waals surface area contributed by atoms with Crippen LogP contribution in [0.25, 0.3) is 0 Å². The van der Waals surface area contributed by atoms with Gasteiger partial charge in [-0.15, -0.1) is 0 Å². The normalized spacial score (nSPS) is 14.8. The fourth-order valence-electron chi connectivity index (χ4n) is 3.90. The van der Waals surface area contributed by atoms with Crippen LogP contribution in [0.5, 0.6) is 0 Å². The van der Waals surface area contributed by atoms with Crippen molar-refractivity contribution in [2.75, 3.05) is 56.0 Å². The van der Waals surface area contributed by atoms with Gasteiger partial charge in [-0.1, -0.05) is 50.6 Å². The second-order valence-corrected chi connectivity index (χ2v) is 8.07. The second-order valence-electron chi connectivity index (χ2n) is 8.07. The Balaban J connectivity index is 1.45. The van der Waals surface area contributed by atoms with Gasteiger partial charge in [-0.2, -0.15) is 0 Å². The van der Waals surface area contributed by atoms with Gasteiger partial charge in [0.1, 0.15) is 0 Å². The molecule has 0 atom stereocenters. The van der Waals surface area contributed by atoms with Gasteiger partial charge in [-0.3, -0.25) is 14.6 Å². The minimum atomic E-state index is 0.0650. The molecular formula is C25H36N4O. The molecule has 5 heteroatoms. The topological polar surface area (TPSA) is 38.8 Å². The lowest BCUT2D eigenvalue weighted by Crippen LogP contribution is -2.45. The molecule has 2 aromatic carbocycles. The van der Waals surface area contributed by atoms with Crippen LogP contribution in [0.4, 0.5) is 11.4 Å². The number of nitrogens with one attached hydrogen (secondary N) is 1. The van der Waals surface area contributed by atoms with E-state index in [0.717, 1.165) is 64.3 Å². The van der Waals surface area contributed by atoms with Crippen LogP contribution in [-0.2, 0) is 11.3 Å². The zero-order valence-electron chi connectivity index (χ0n) is 18.5. The molecular weight excluding hydrogens is 372 g/mol. The van der Waals surface area contributed by atoms with Gasteiger partial charge in [0, 0.05) is 44.1 Å². The van der Waals surface area contributed by atoms with Gasteiger partial charge in [-0.25, -0.2) is 0 Å². The van der Waals surface area contributed by atoms with Gasteiger partial charge in [0.25, 0.3) is 0 Å². The molecule has 5 nitrogen and oxygen atoms in total. The van der Waals surface area contributed by atoms with Crippen LogP contribution in [0.2, 0.25) is 0 Å². The predicted octanol–water partition coefficient (Wildman–Crippen LogP) is 4.07. The molecule has 0 aliphatic carbocycles. The second kappa shape index (κ2) is 11.7. The quantitative estimate of drug-likeness (QED) is 0.643. The number of carbonyl (C=O) groups excluding carboxylic acids is 1. The number of anilines is 2. The van der Waals surface area contributed by atoms with E-state index in [4.69, 9.17) is 0 Å². The molecule has 1 N–H and O–H groups in total. The van der Waals surface area contributed by atoms with Crippen molar-refractivity contribution < 1.29 is 4.79 Å². The summed E-state index contributed by atoms with van der Waals surface area (Å²) in [5.41, 5.74) is 3.48. The first kappa shape index (κ1) is 22.3. The summed E-state index contributed by atoms with van der Waals surface area (Å²) in [5.74, 6) is 0.0650. The number of rotatable bonds is 10. The molecule has 1 fully saturated rings. The third-order valence-electron chi connectivity index (χ3n) is 5.78. The van der Waals surface area contributed by atoms with Crippen LogP contribution in [0, 0.1) is 0 Å². The molecule has 1 aliphatic heterocycles. The van der Waals surface area contributed by atoms with Gasteiger partial charge in [0.2, 0.25) is 5.91 Å². The summed E-state index contributed by atoms with van der Waals surface area (Å²) < 4.78 is 0. The molecule has 162 valence electrons. The van der Waals surface area contributed by atoms with Crippen LogP contribution >= 0.6 is 0 Å². The third kappa shape index (κ3) is 6.85. The first-order valence-corrected chi connectivity index (χ1v) is 11.3. The Labute approximate surface area is 181 Å². The highest BCUT2D eigenvalue weighted by Gasteiger charge is 2.17. The van der Waals surface area contributed by atoms with Crippen LogP contribution in [0.1, 0.15) is 32.3 Å². The van der Waals surface area contributed by atoms with E-state index >= 15 is 0 Å². The van der Waals surface area contributed by atoms with E-state index in [0.29, 0.717) is 6.54 Å². The Kier molecular flexibility index (Phi) is 8.72. The van der Waals surface area contributed by atoms with E-state index < -0.39 is 0 Å². The average molecular weight is 409 g/mol. The van der Waals surface area contributed by atoms with Crippen LogP contribution < -0.4 is 10.2 Å². The number of hydrogen-bond acceptors (Lipinski definition) is 4. The van der Waals surface area contributed by atoms with Gasteiger partial charge < -0.3 is 10.2 Å². The molecule has 2 aromatic rings. The number of carbonyl (C=O) groups is 1. The molecule has 0 saturated carbocycles. The molecule has 0 unspecified atom stereocenters. The number of unbranched alkanes of at least 4 members (excludes halogenated alkanes) is 1. The highest BCUT2D eigenvalue weighted by molar-refractivity contribution is 5.92. The van der Waals surface area contributed by atoms with Crippen molar-refractivity contribution in [2.24, 2.45) is 0 Å². The number of amides is 1. The van der Waals surface area contributed by atoms with E-state index in [9.17, 15) is 4.79 Å². The highest BCUT2D eigenvalue weighted by atomic mass is 16.2. The number of piperazine rings is 1. The summed E-state index contributed by atoms with van der Waals surface area (Å²) in [6.07, 6.45) is 2.29. The fourth-order valence-corrected chi connectivity index (χ4v) is 3.90. The average Bonchev–Trinajstić information content (AvgIpc) is 2.78. The van der Waals surface area contributed by atoms with Crippen molar-refractivity contribution in [1.29, 1.82) is 0 Å². The summed E-state index contributed by atoms with van der Waals surface area (Å²) in [5, 5.41) is 3.04. The number of benzene rings is 2. The maximum Gasteiger partial charge on any atom is 0.238 e. The largest absolute Gasteiger partial charge is 0.369 e. The summed E-state index contributed by atoms with van der Waals surface area (Å²) in [4.78, 5) is 19.5. The maximum atomic E-state index is 12.3. The van der Waals surface area contributed by atoms with Crippen LogP contribution in [0.15, 0.2) is 54.6 Å². The minimum absolute atomic E-state index is 0.0650. The Hall–Kier alpha value is -2.37. The van der Waals surface area contributed by atoms with Gasteiger partial charge >= 0.3 is 0 Å². The number of likely N-dealkylation sites (N-methyl/N-ethyl adjacent to an activating group) is 1. The Morgan fingerprint density at radius 1 is 0.967 bits per heavy atom. The lowest BCUT2D eigenvalue weighted by atomic mass is 10.2. The summed E-state index contributed by atoms with van der Waals surface area (Å²) in [6, 6.07) is 19.0. The van der Waals surface area contributed by atoms with Gasteiger partial charge in [0.15, 0.2) is 0 Å². The molecule has 1 amide bonds. The monoisotopic (exact) mass is 408 g/mol. The molecule has 1 heterocycles. The van der Waals surface area contributed by atoms with E-state index in [-0.39, 0.29) is 5.91 Å². The van der Waals surface area contributed by atoms with E-state index in [1.54, 1.807) is 0 Å². The predicted molar refractivity (Wildman–Crippen MR) is 126 cm³/mol. The standard InChI is InChI=1S/C25H36N4O/c1-3-5-15-27(4-2)21-25(30)26-23-11-13-24(14-12-23)29-18-16-28(17-19-29)20-22-9-7-6-8-10-22/h6-14H,3-5,15-21H2,1-2H3,(H,26,30). The van der Waals surface area contributed by atoms with E-state index in [2.05, 4.69) is 76.3 Å². The zero-order valence-corrected chi connectivity index (χ0v) is 18.5. The van der Waals surface area contributed by atoms with E-state index in [1.807, 2.05) is 12.1 Å². The lowest BCUT2D eigenvalue weighted by Gasteiger charge is -2.36. The van der Waals surface area contributed by atoms with Crippen molar-refractivity contribution >= 4 is 17.3 Å². The van der Waals surface area contributed by atoms with Crippen molar-refractivity contribution in [1.82, 2.24) is 9.80 Å². The van der Waals surface area contributed by atoms with Crippen molar-refractivity contribution in [3.8, 4) is 0 Å². The van der Waals surface area contributed by atoms with Crippen LogP contribution in [-0.4, -0.2) is 61.5 Å². The number of hydrogen-bond donors (Lipinski definition) is 1. The summed E-state index contributed by atoms with van der Waals surface area (Å²) in [7, 11) is 0. The smallest absolute Gasteiger partial charge is 0.238 e. The molecule has 30 heavy (non-hydrogen) atoms. The molecule has 0 aromatic heterocycles. The Morgan fingerprint density at radius 3 is 2.30 bits per heavy atom. The zero-order chi connectivity index (χ0) is 21.2. The summed E-state index contributed by atoms with van der Waals surface area (Å²) >= 11 is 0. The van der Waals surface area contributed by atoms with Gasteiger partial charge in [-0.05, 0) is 49.3 Å². The molecule has 0 radical (unpaired) electrons. The molecule has 1 aliphatic rings. The van der Waals surface area contributed by atoms with Crippen molar-refractivity contribution in [3.63, 3.8) is 0 Å². The molecule has 0 bridgehead atoms. The third-order valence-corrected chi connectivity index (χ3v) is 5.78. The molecule has 3 rings (SSSR count). The van der Waals surface area contributed by atoms with Crippen molar-refractivity contribution in [2.45, 2.75) is 33.2 Å². The van der Waals surface area contributed by atoms with Crippen LogP contribution in [0.3, 0.4) is 0 Å². The SMILES string of the molecule is CCCCN(CC)CC(=O)Nc1ccc(N2CCN(Cc3ccccc3)CC2)cc1. The highest BCUT2D eigenvalue weighted by Crippen LogP contribution is 2.20. The first-order valence-electron chi connectivity index (χ1n) is 11.3. The Bertz CT molecular complexity index is 754.